The number of H-pyrrole nitrogens is 1. The molecule has 1 atom stereocenters. The summed E-state index contributed by atoms with van der Waals surface area (Å²) in [7, 11) is 2.25. The standard InChI is InChI=1S/C20H28N2O/c1-13-10-11-17-19(14(13)2)21-15(3)18(20(17)23)12-22(4)16-8-6-5-7-9-16/h10-11,16H,5-9,12H2,1-4H3,(H,21,23)/p+1. The van der Waals surface area contributed by atoms with E-state index >= 15 is 0 Å². The highest BCUT2D eigenvalue weighted by atomic mass is 16.1. The highest BCUT2D eigenvalue weighted by Crippen LogP contribution is 2.19. The first-order chi connectivity index (χ1) is 11.0. The number of hydrogen-bond donors (Lipinski definition) is 2. The van der Waals surface area contributed by atoms with Crippen LogP contribution >= 0.6 is 0 Å². The van der Waals surface area contributed by atoms with E-state index in [1.807, 2.05) is 13.0 Å². The summed E-state index contributed by atoms with van der Waals surface area (Å²) in [6.07, 6.45) is 6.66. The van der Waals surface area contributed by atoms with Gasteiger partial charge in [-0.2, -0.15) is 0 Å². The molecule has 1 aliphatic rings. The number of hydrogen-bond acceptors (Lipinski definition) is 1. The van der Waals surface area contributed by atoms with E-state index < -0.39 is 0 Å². The van der Waals surface area contributed by atoms with Crippen LogP contribution in [0.1, 0.15) is 54.5 Å². The number of aromatic nitrogens is 1. The van der Waals surface area contributed by atoms with Crippen LogP contribution in [0.3, 0.4) is 0 Å². The number of rotatable bonds is 3. The van der Waals surface area contributed by atoms with Crippen LogP contribution in [-0.2, 0) is 6.54 Å². The fourth-order valence-corrected chi connectivity index (χ4v) is 3.99. The molecule has 1 saturated carbocycles. The van der Waals surface area contributed by atoms with Crippen LogP contribution in [0.4, 0.5) is 0 Å². The van der Waals surface area contributed by atoms with Gasteiger partial charge in [-0.25, -0.2) is 0 Å². The average molecular weight is 313 g/mol. The van der Waals surface area contributed by atoms with Crippen molar-refractivity contribution in [3.05, 3.63) is 44.7 Å². The van der Waals surface area contributed by atoms with E-state index in [9.17, 15) is 4.79 Å². The van der Waals surface area contributed by atoms with E-state index in [2.05, 4.69) is 31.9 Å². The van der Waals surface area contributed by atoms with Crippen LogP contribution in [0.2, 0.25) is 0 Å². The van der Waals surface area contributed by atoms with Crippen LogP contribution in [0.15, 0.2) is 16.9 Å². The normalized spacial score (nSPS) is 17.6. The molecule has 0 spiro atoms. The molecule has 3 nitrogen and oxygen atoms in total. The molecular weight excluding hydrogens is 284 g/mol. The zero-order valence-electron chi connectivity index (χ0n) is 14.9. The first-order valence-corrected chi connectivity index (χ1v) is 8.93. The molecule has 1 aromatic heterocycles. The molecule has 0 saturated heterocycles. The molecule has 0 aliphatic heterocycles. The van der Waals surface area contributed by atoms with Gasteiger partial charge in [0.15, 0.2) is 5.43 Å². The van der Waals surface area contributed by atoms with Crippen molar-refractivity contribution in [3.8, 4) is 0 Å². The van der Waals surface area contributed by atoms with Crippen molar-refractivity contribution in [1.29, 1.82) is 0 Å². The summed E-state index contributed by atoms with van der Waals surface area (Å²) in [5.74, 6) is 0. The molecule has 1 unspecified atom stereocenters. The van der Waals surface area contributed by atoms with Gasteiger partial charge in [0.25, 0.3) is 0 Å². The Morgan fingerprint density at radius 1 is 1.13 bits per heavy atom. The summed E-state index contributed by atoms with van der Waals surface area (Å²) in [4.78, 5) is 18.0. The second-order valence-corrected chi connectivity index (χ2v) is 7.35. The number of aromatic amines is 1. The zero-order chi connectivity index (χ0) is 16.6. The molecule has 0 amide bonds. The fourth-order valence-electron chi connectivity index (χ4n) is 3.99. The summed E-state index contributed by atoms with van der Waals surface area (Å²) in [5, 5.41) is 0.838. The van der Waals surface area contributed by atoms with Crippen LogP contribution in [0.5, 0.6) is 0 Å². The quantitative estimate of drug-likeness (QED) is 0.898. The number of quaternary nitrogens is 1. The largest absolute Gasteiger partial charge is 0.358 e. The van der Waals surface area contributed by atoms with Gasteiger partial charge in [-0.05, 0) is 63.6 Å². The Labute approximate surface area is 138 Å². The lowest BCUT2D eigenvalue weighted by molar-refractivity contribution is -0.921. The molecule has 1 fully saturated rings. The summed E-state index contributed by atoms with van der Waals surface area (Å²) in [6, 6.07) is 4.75. The predicted octanol–water partition coefficient (Wildman–Crippen LogP) is 2.80. The maximum atomic E-state index is 13.0. The second kappa shape index (κ2) is 6.48. The van der Waals surface area contributed by atoms with Gasteiger partial charge in [-0.15, -0.1) is 0 Å². The molecule has 1 heterocycles. The third kappa shape index (κ3) is 3.07. The summed E-state index contributed by atoms with van der Waals surface area (Å²) < 4.78 is 0. The summed E-state index contributed by atoms with van der Waals surface area (Å²) >= 11 is 0. The Bertz CT molecular complexity index is 769. The van der Waals surface area contributed by atoms with Gasteiger partial charge in [0.2, 0.25) is 0 Å². The van der Waals surface area contributed by atoms with Gasteiger partial charge < -0.3 is 9.88 Å². The van der Waals surface area contributed by atoms with Crippen molar-refractivity contribution in [2.24, 2.45) is 0 Å². The smallest absolute Gasteiger partial charge is 0.198 e. The first-order valence-electron chi connectivity index (χ1n) is 8.93. The molecule has 124 valence electrons. The third-order valence-electron chi connectivity index (χ3n) is 5.78. The van der Waals surface area contributed by atoms with Gasteiger partial charge in [-0.3, -0.25) is 4.79 Å². The molecule has 3 heteroatoms. The molecule has 1 aliphatic carbocycles. The number of pyridine rings is 1. The van der Waals surface area contributed by atoms with E-state index in [0.717, 1.165) is 28.7 Å². The minimum Gasteiger partial charge on any atom is -0.358 e. The van der Waals surface area contributed by atoms with Crippen molar-refractivity contribution in [2.45, 2.75) is 65.5 Å². The highest BCUT2D eigenvalue weighted by Gasteiger charge is 2.23. The Morgan fingerprint density at radius 3 is 2.52 bits per heavy atom. The van der Waals surface area contributed by atoms with Crippen LogP contribution in [0.25, 0.3) is 10.9 Å². The molecular formula is C20H29N2O+. The Hall–Kier alpha value is -1.61. The maximum absolute atomic E-state index is 13.0. The molecule has 0 bridgehead atoms. The second-order valence-electron chi connectivity index (χ2n) is 7.35. The summed E-state index contributed by atoms with van der Waals surface area (Å²) in [6.45, 7) is 7.06. The van der Waals surface area contributed by atoms with Crippen LogP contribution in [-0.4, -0.2) is 18.1 Å². The van der Waals surface area contributed by atoms with E-state index in [1.165, 1.54) is 48.1 Å². The van der Waals surface area contributed by atoms with Crippen molar-refractivity contribution < 1.29 is 4.90 Å². The topological polar surface area (TPSA) is 37.3 Å². The van der Waals surface area contributed by atoms with E-state index in [4.69, 9.17) is 0 Å². The van der Waals surface area contributed by atoms with E-state index in [0.29, 0.717) is 6.04 Å². The van der Waals surface area contributed by atoms with E-state index in [1.54, 1.807) is 0 Å². The van der Waals surface area contributed by atoms with Crippen molar-refractivity contribution in [2.75, 3.05) is 7.05 Å². The molecule has 0 radical (unpaired) electrons. The third-order valence-corrected chi connectivity index (χ3v) is 5.78. The minimum absolute atomic E-state index is 0.217. The summed E-state index contributed by atoms with van der Waals surface area (Å²) in [5.41, 5.74) is 5.63. The molecule has 23 heavy (non-hydrogen) atoms. The Morgan fingerprint density at radius 2 is 1.83 bits per heavy atom. The number of fused-ring (bicyclic) bond motifs is 1. The number of aryl methyl sites for hydroxylation is 3. The van der Waals surface area contributed by atoms with Gasteiger partial charge in [0.05, 0.1) is 24.2 Å². The van der Waals surface area contributed by atoms with Gasteiger partial charge in [-0.1, -0.05) is 12.5 Å². The minimum atomic E-state index is 0.217. The lowest BCUT2D eigenvalue weighted by Gasteiger charge is -2.28. The van der Waals surface area contributed by atoms with Crippen molar-refractivity contribution in [3.63, 3.8) is 0 Å². The molecule has 3 rings (SSSR count). The van der Waals surface area contributed by atoms with Gasteiger partial charge in [0, 0.05) is 11.1 Å². The Balaban J connectivity index is 1.98. The monoisotopic (exact) mass is 313 g/mol. The lowest BCUT2D eigenvalue weighted by atomic mass is 9.94. The number of nitrogens with one attached hydrogen (secondary N) is 2. The molecule has 2 N–H and O–H groups in total. The van der Waals surface area contributed by atoms with Gasteiger partial charge in [0.1, 0.15) is 6.54 Å². The molecule has 1 aromatic carbocycles. The lowest BCUT2D eigenvalue weighted by Crippen LogP contribution is -3.12. The maximum Gasteiger partial charge on any atom is 0.198 e. The highest BCUT2D eigenvalue weighted by molar-refractivity contribution is 5.83. The van der Waals surface area contributed by atoms with Crippen LogP contribution < -0.4 is 10.3 Å². The van der Waals surface area contributed by atoms with Gasteiger partial charge >= 0.3 is 0 Å². The number of benzene rings is 1. The van der Waals surface area contributed by atoms with E-state index in [-0.39, 0.29) is 5.43 Å². The fraction of sp³-hybridized carbons (Fsp3) is 0.550. The molecule has 2 aromatic rings. The SMILES string of the molecule is Cc1ccc2c(=O)c(C[NH+](C)C3CCCCC3)c(C)[nH]c2c1C. The average Bonchev–Trinajstić information content (AvgIpc) is 2.56. The first kappa shape index (κ1) is 16.3. The zero-order valence-corrected chi connectivity index (χ0v) is 14.9. The predicted molar refractivity (Wildman–Crippen MR) is 96.2 cm³/mol. The van der Waals surface area contributed by atoms with Crippen molar-refractivity contribution in [1.82, 2.24) is 4.98 Å². The Kier molecular flexibility index (Phi) is 4.58. The van der Waals surface area contributed by atoms with Crippen molar-refractivity contribution >= 4 is 10.9 Å². The van der Waals surface area contributed by atoms with Crippen LogP contribution in [0, 0.1) is 20.8 Å².